The molecule has 0 radical (unpaired) electrons. The zero-order chi connectivity index (χ0) is 23.2. The van der Waals surface area contributed by atoms with Crippen LogP contribution in [-0.4, -0.2) is 29.7 Å². The third kappa shape index (κ3) is 7.47. The minimum atomic E-state index is -4.68. The number of alkyl halides is 3. The number of carbonyl (C=O) groups excluding carboxylic acids is 2. The Bertz CT molecular complexity index is 932. The van der Waals surface area contributed by atoms with Crippen molar-refractivity contribution in [3.05, 3.63) is 42.1 Å². The van der Waals surface area contributed by atoms with E-state index in [-0.39, 0.29) is 29.8 Å². The lowest BCUT2D eigenvalue weighted by Crippen LogP contribution is -2.29. The van der Waals surface area contributed by atoms with Gasteiger partial charge in [-0.05, 0) is 47.7 Å². The molecule has 168 valence electrons. The van der Waals surface area contributed by atoms with Gasteiger partial charge < -0.3 is 20.5 Å². The number of anilines is 1. The molecule has 0 aliphatic carbocycles. The number of nitrogens with two attached hydrogens (primary N) is 1. The summed E-state index contributed by atoms with van der Waals surface area (Å²) >= 11 is 0. The van der Waals surface area contributed by atoms with Gasteiger partial charge in [-0.3, -0.25) is 4.79 Å². The molecule has 0 aliphatic rings. The van der Waals surface area contributed by atoms with E-state index in [0.29, 0.717) is 12.0 Å². The Labute approximate surface area is 177 Å². The van der Waals surface area contributed by atoms with Crippen LogP contribution in [0.5, 0.6) is 5.75 Å². The predicted molar refractivity (Wildman–Crippen MR) is 108 cm³/mol. The van der Waals surface area contributed by atoms with E-state index in [1.165, 1.54) is 37.4 Å². The molecule has 1 aromatic heterocycles. The summed E-state index contributed by atoms with van der Waals surface area (Å²) in [6.45, 7) is 4.77. The maximum Gasteiger partial charge on any atom is 0.419 e. The molecule has 0 bridgehead atoms. The highest BCUT2D eigenvalue weighted by atomic mass is 19.4. The van der Waals surface area contributed by atoms with Crippen molar-refractivity contribution in [3.8, 4) is 16.9 Å². The van der Waals surface area contributed by atoms with Crippen LogP contribution in [0.2, 0.25) is 0 Å². The topological polar surface area (TPSA) is 104 Å². The molecule has 0 unspecified atom stereocenters. The van der Waals surface area contributed by atoms with Crippen LogP contribution in [0.4, 0.5) is 23.8 Å². The van der Waals surface area contributed by atoms with Crippen molar-refractivity contribution in [2.45, 2.75) is 39.5 Å². The molecule has 0 saturated carbocycles. The minimum absolute atomic E-state index is 0.113. The number of rotatable bonds is 8. The van der Waals surface area contributed by atoms with Crippen LogP contribution in [0, 0.1) is 5.92 Å². The number of halogens is 3. The van der Waals surface area contributed by atoms with Crippen LogP contribution in [-0.2, 0) is 15.7 Å². The predicted octanol–water partition coefficient (Wildman–Crippen LogP) is 4.61. The molecule has 1 atom stereocenters. The van der Waals surface area contributed by atoms with E-state index in [4.69, 9.17) is 15.2 Å². The number of amides is 2. The highest BCUT2D eigenvalue weighted by molar-refractivity contribution is 5.88. The smallest absolute Gasteiger partial charge is 0.419 e. The molecule has 0 fully saturated rings. The quantitative estimate of drug-likeness (QED) is 0.625. The average Bonchev–Trinajstić information content (AvgIpc) is 2.64. The largest absolute Gasteiger partial charge is 0.489 e. The summed E-state index contributed by atoms with van der Waals surface area (Å²) in [4.78, 5) is 26.2. The number of benzene rings is 1. The summed E-state index contributed by atoms with van der Waals surface area (Å²) < 4.78 is 51.4. The first-order valence-corrected chi connectivity index (χ1v) is 9.50. The van der Waals surface area contributed by atoms with Crippen molar-refractivity contribution in [2.75, 3.05) is 11.9 Å². The molecule has 10 heteroatoms. The number of pyridine rings is 1. The third-order valence-electron chi connectivity index (χ3n) is 4.12. The fourth-order valence-electron chi connectivity index (χ4n) is 2.94. The van der Waals surface area contributed by atoms with Gasteiger partial charge >= 0.3 is 12.3 Å². The third-order valence-corrected chi connectivity index (χ3v) is 4.12. The molecule has 2 aromatic rings. The van der Waals surface area contributed by atoms with Crippen LogP contribution in [0.25, 0.3) is 11.1 Å². The van der Waals surface area contributed by atoms with E-state index >= 15 is 0 Å². The molecule has 1 heterocycles. The van der Waals surface area contributed by atoms with Gasteiger partial charge in [0.25, 0.3) is 0 Å². The van der Waals surface area contributed by atoms with E-state index in [9.17, 15) is 22.8 Å². The van der Waals surface area contributed by atoms with Gasteiger partial charge in [-0.15, -0.1) is 0 Å². The molecule has 1 aromatic carbocycles. The number of ether oxygens (including phenoxy) is 2. The second kappa shape index (κ2) is 10.1. The zero-order valence-electron chi connectivity index (χ0n) is 17.3. The van der Waals surface area contributed by atoms with E-state index in [0.717, 1.165) is 6.07 Å². The van der Waals surface area contributed by atoms with Gasteiger partial charge in [-0.25, -0.2) is 9.78 Å². The normalized spacial score (nSPS) is 12.4. The first-order chi connectivity index (χ1) is 14.5. The SMILES string of the molecule is CC(=O)Nc1cc(-c2ccc(OC[C@H](CC(C)C)OC(N)=O)c(C(F)(F)F)c2)ccn1. The first-order valence-electron chi connectivity index (χ1n) is 9.50. The average molecular weight is 439 g/mol. The molecular weight excluding hydrogens is 415 g/mol. The maximum absolute atomic E-state index is 13.7. The van der Waals surface area contributed by atoms with E-state index < -0.39 is 29.7 Å². The monoisotopic (exact) mass is 439 g/mol. The Morgan fingerprint density at radius 3 is 2.42 bits per heavy atom. The molecule has 3 N–H and O–H groups in total. The Morgan fingerprint density at radius 1 is 1.16 bits per heavy atom. The second-order valence-corrected chi connectivity index (χ2v) is 7.32. The Balaban J connectivity index is 2.32. The van der Waals surface area contributed by atoms with Crippen molar-refractivity contribution in [2.24, 2.45) is 11.7 Å². The highest BCUT2D eigenvalue weighted by Gasteiger charge is 2.35. The molecule has 7 nitrogen and oxygen atoms in total. The zero-order valence-corrected chi connectivity index (χ0v) is 17.3. The van der Waals surface area contributed by atoms with E-state index in [1.54, 1.807) is 0 Å². The van der Waals surface area contributed by atoms with Crippen molar-refractivity contribution < 1.29 is 32.2 Å². The summed E-state index contributed by atoms with van der Waals surface area (Å²) in [5, 5.41) is 2.49. The fraction of sp³-hybridized carbons (Fsp3) is 0.381. The van der Waals surface area contributed by atoms with E-state index in [2.05, 4.69) is 10.3 Å². The maximum atomic E-state index is 13.7. The number of nitrogens with one attached hydrogen (secondary N) is 1. The van der Waals surface area contributed by atoms with Gasteiger partial charge in [0.1, 0.15) is 24.3 Å². The molecular formula is C21H24F3N3O4. The van der Waals surface area contributed by atoms with Crippen LogP contribution in [0.15, 0.2) is 36.5 Å². The van der Waals surface area contributed by atoms with Gasteiger partial charge in [0.15, 0.2) is 0 Å². The standard InChI is InChI=1S/C21H24F3N3O4/c1-12(2)8-16(31-20(25)29)11-30-18-5-4-14(9-17(18)21(22,23)24)15-6-7-26-19(10-15)27-13(3)28/h4-7,9-10,12,16H,8,11H2,1-3H3,(H2,25,29)(H,26,27,28)/t16-/m0/s1. The van der Waals surface area contributed by atoms with Crippen LogP contribution < -0.4 is 15.8 Å². The summed E-state index contributed by atoms with van der Waals surface area (Å²) in [5.74, 6) is -0.409. The Kier molecular flexibility index (Phi) is 7.84. The van der Waals surface area contributed by atoms with Crippen LogP contribution in [0.1, 0.15) is 32.8 Å². The van der Waals surface area contributed by atoms with Gasteiger partial charge in [0.05, 0.1) is 5.56 Å². The minimum Gasteiger partial charge on any atom is -0.489 e. The van der Waals surface area contributed by atoms with Crippen molar-refractivity contribution in [1.29, 1.82) is 0 Å². The number of hydrogen-bond donors (Lipinski definition) is 2. The number of nitrogens with zero attached hydrogens (tertiary/aromatic N) is 1. The van der Waals surface area contributed by atoms with Gasteiger partial charge in [-0.1, -0.05) is 19.9 Å². The highest BCUT2D eigenvalue weighted by Crippen LogP contribution is 2.39. The molecule has 2 rings (SSSR count). The van der Waals surface area contributed by atoms with Gasteiger partial charge in [0, 0.05) is 13.1 Å². The van der Waals surface area contributed by atoms with Crippen LogP contribution in [0.3, 0.4) is 0 Å². The lowest BCUT2D eigenvalue weighted by atomic mass is 10.0. The summed E-state index contributed by atoms with van der Waals surface area (Å²) in [7, 11) is 0. The van der Waals surface area contributed by atoms with E-state index in [1.807, 2.05) is 13.8 Å². The lowest BCUT2D eigenvalue weighted by molar-refractivity contribution is -0.139. The molecule has 0 saturated heterocycles. The summed E-state index contributed by atoms with van der Waals surface area (Å²) in [5.41, 5.74) is 4.75. The number of aromatic nitrogens is 1. The summed E-state index contributed by atoms with van der Waals surface area (Å²) in [6.07, 6.45) is -4.72. The second-order valence-electron chi connectivity index (χ2n) is 7.32. The first kappa shape index (κ1) is 24.0. The number of hydrogen-bond acceptors (Lipinski definition) is 5. The summed E-state index contributed by atoms with van der Waals surface area (Å²) in [6, 6.07) is 6.61. The number of primary amides is 1. The lowest BCUT2D eigenvalue weighted by Gasteiger charge is -2.21. The molecule has 2 amide bonds. The number of carbonyl (C=O) groups is 2. The molecule has 31 heavy (non-hydrogen) atoms. The molecule has 0 aliphatic heterocycles. The fourth-order valence-corrected chi connectivity index (χ4v) is 2.94. The Morgan fingerprint density at radius 2 is 1.84 bits per heavy atom. The van der Waals surface area contributed by atoms with Crippen LogP contribution >= 0.6 is 0 Å². The van der Waals surface area contributed by atoms with Crippen molar-refractivity contribution in [1.82, 2.24) is 4.98 Å². The van der Waals surface area contributed by atoms with Crippen molar-refractivity contribution in [3.63, 3.8) is 0 Å². The van der Waals surface area contributed by atoms with Crippen molar-refractivity contribution >= 4 is 17.8 Å². The molecule has 0 spiro atoms. The van der Waals surface area contributed by atoms with Gasteiger partial charge in [-0.2, -0.15) is 13.2 Å². The van der Waals surface area contributed by atoms with Gasteiger partial charge in [0.2, 0.25) is 5.91 Å². The Hall–Kier alpha value is -3.30.